The topological polar surface area (TPSA) is 129 Å². The molecule has 1 fully saturated rings. The molecule has 2 aliphatic rings. The van der Waals surface area contributed by atoms with Crippen LogP contribution in [0.15, 0.2) is 76.6 Å². The Hall–Kier alpha value is -5.60. The molecule has 0 aliphatic carbocycles. The Morgan fingerprint density at radius 2 is 1.80 bits per heavy atom. The summed E-state index contributed by atoms with van der Waals surface area (Å²) in [5.41, 5.74) is 3.18. The Morgan fingerprint density at radius 3 is 2.53 bits per heavy atom. The van der Waals surface area contributed by atoms with Gasteiger partial charge in [0.05, 0.1) is 23.6 Å². The number of carbonyl (C=O) groups is 2. The molecule has 1 saturated heterocycles. The van der Waals surface area contributed by atoms with Crippen molar-refractivity contribution in [2.24, 2.45) is 10.9 Å². The molecule has 1 atom stereocenters. The first-order valence-corrected chi connectivity index (χ1v) is 16.7. The van der Waals surface area contributed by atoms with Gasteiger partial charge in [0.25, 0.3) is 5.91 Å². The number of aryl methyl sites for hydroxylation is 1. The van der Waals surface area contributed by atoms with Crippen LogP contribution in [0.5, 0.6) is 0 Å². The standard InChI is InChI=1S/C38H40N8O3/c1-4-27-23-32(39)35-36(41-25-27)46(31-11-8-10-30(24-31)43(3)34(47)12-9-21-44-19-6-5-7-20-44)38(49)45(35)29-15-13-28(14-16-29)37(48)42-33-22-26(2)17-18-40-33/h8,10-11,13-18,22,24-25,27,39H,4-7,19-21,23H2,1-3H3,(H,40,42,48). The van der Waals surface area contributed by atoms with E-state index < -0.39 is 5.69 Å². The summed E-state index contributed by atoms with van der Waals surface area (Å²) in [5, 5.41) is 11.9. The summed E-state index contributed by atoms with van der Waals surface area (Å²) in [6.07, 6.45) is 8.21. The molecular formula is C38H40N8O3. The maximum atomic E-state index is 14.3. The van der Waals surface area contributed by atoms with E-state index in [0.717, 1.165) is 37.9 Å². The first-order chi connectivity index (χ1) is 23.7. The third-order valence-electron chi connectivity index (χ3n) is 8.99. The quantitative estimate of drug-likeness (QED) is 0.253. The first-order valence-electron chi connectivity index (χ1n) is 16.7. The fourth-order valence-corrected chi connectivity index (χ4v) is 6.13. The van der Waals surface area contributed by atoms with Gasteiger partial charge in [-0.25, -0.2) is 19.3 Å². The average Bonchev–Trinajstić information content (AvgIpc) is 3.31. The molecule has 2 aromatic heterocycles. The van der Waals surface area contributed by atoms with Gasteiger partial charge in [0.15, 0.2) is 5.82 Å². The van der Waals surface area contributed by atoms with E-state index >= 15 is 0 Å². The molecule has 0 spiro atoms. The summed E-state index contributed by atoms with van der Waals surface area (Å²) < 4.78 is 2.96. The van der Waals surface area contributed by atoms with Crippen LogP contribution in [0, 0.1) is 30.1 Å². The minimum absolute atomic E-state index is 0.0387. The molecule has 2 aliphatic heterocycles. The number of pyridine rings is 1. The number of nitrogens with zero attached hydrogens (tertiary/aromatic N) is 6. The van der Waals surface area contributed by atoms with Crippen molar-refractivity contribution in [3.05, 3.63) is 94.2 Å². The van der Waals surface area contributed by atoms with Gasteiger partial charge < -0.3 is 15.6 Å². The molecule has 2 N–H and O–H groups in total. The van der Waals surface area contributed by atoms with Gasteiger partial charge in [-0.05, 0) is 118 Å². The maximum Gasteiger partial charge on any atom is 0.339 e. The molecular weight excluding hydrogens is 616 g/mol. The smallest absolute Gasteiger partial charge is 0.307 e. The van der Waals surface area contributed by atoms with Gasteiger partial charge in [0.1, 0.15) is 11.5 Å². The van der Waals surface area contributed by atoms with Crippen LogP contribution >= 0.6 is 0 Å². The van der Waals surface area contributed by atoms with E-state index in [4.69, 9.17) is 10.4 Å². The molecule has 11 heteroatoms. The summed E-state index contributed by atoms with van der Waals surface area (Å²) in [5.74, 6) is 5.95. The van der Waals surface area contributed by atoms with Crippen molar-refractivity contribution in [1.82, 2.24) is 19.0 Å². The monoisotopic (exact) mass is 656 g/mol. The second-order valence-electron chi connectivity index (χ2n) is 12.5. The fraction of sp³-hybridized carbons (Fsp3) is 0.316. The fourth-order valence-electron chi connectivity index (χ4n) is 6.13. The molecule has 49 heavy (non-hydrogen) atoms. The van der Waals surface area contributed by atoms with Crippen molar-refractivity contribution in [3.8, 4) is 23.2 Å². The molecule has 4 heterocycles. The van der Waals surface area contributed by atoms with Crippen LogP contribution in [0.3, 0.4) is 0 Å². The van der Waals surface area contributed by atoms with Crippen molar-refractivity contribution in [1.29, 1.82) is 5.41 Å². The Labute approximate surface area is 285 Å². The highest BCUT2D eigenvalue weighted by Gasteiger charge is 2.28. The van der Waals surface area contributed by atoms with Gasteiger partial charge in [-0.15, -0.1) is 0 Å². The van der Waals surface area contributed by atoms with Crippen molar-refractivity contribution in [2.75, 3.05) is 36.9 Å². The zero-order valence-corrected chi connectivity index (χ0v) is 28.1. The number of nitrogens with one attached hydrogen (secondary N) is 2. The number of amides is 2. The highest BCUT2D eigenvalue weighted by atomic mass is 16.2. The van der Waals surface area contributed by atoms with Crippen molar-refractivity contribution in [2.45, 2.75) is 46.0 Å². The highest BCUT2D eigenvalue weighted by Crippen LogP contribution is 2.31. The summed E-state index contributed by atoms with van der Waals surface area (Å²) >= 11 is 0. The molecule has 2 aromatic carbocycles. The largest absolute Gasteiger partial charge is 0.339 e. The van der Waals surface area contributed by atoms with Crippen LogP contribution < -0.4 is 15.9 Å². The molecule has 0 saturated carbocycles. The second kappa shape index (κ2) is 14.7. The number of imidazole rings is 1. The predicted octanol–water partition coefficient (Wildman–Crippen LogP) is 5.54. The molecule has 4 aromatic rings. The van der Waals surface area contributed by atoms with E-state index in [1.54, 1.807) is 67.8 Å². The van der Waals surface area contributed by atoms with Crippen molar-refractivity contribution in [3.63, 3.8) is 0 Å². The van der Waals surface area contributed by atoms with E-state index in [0.29, 0.717) is 52.9 Å². The van der Waals surface area contributed by atoms with Crippen LogP contribution in [0.25, 0.3) is 11.4 Å². The number of carbonyl (C=O) groups excluding carboxylic acids is 2. The molecule has 2 amide bonds. The van der Waals surface area contributed by atoms with Gasteiger partial charge in [0.2, 0.25) is 0 Å². The second-order valence-corrected chi connectivity index (χ2v) is 12.5. The Morgan fingerprint density at radius 1 is 1.02 bits per heavy atom. The van der Waals surface area contributed by atoms with Crippen molar-refractivity contribution >= 4 is 41.1 Å². The lowest BCUT2D eigenvalue weighted by atomic mass is 10.00. The van der Waals surface area contributed by atoms with Crippen LogP contribution in [-0.4, -0.2) is 69.4 Å². The van der Waals surface area contributed by atoms with Gasteiger partial charge in [-0.1, -0.05) is 25.3 Å². The number of benzene rings is 2. The van der Waals surface area contributed by atoms with E-state index in [-0.39, 0.29) is 23.4 Å². The SMILES string of the molecule is CCC1C=Nc2c(n(-c3ccc(C(=O)Nc4cc(C)ccn4)cc3)c(=O)n2-c2cccc(N(C)C(=O)C#CCN3CCCCC3)c2)C(=N)C1. The number of aliphatic imine (C=N–C) groups is 1. The van der Waals surface area contributed by atoms with E-state index in [9.17, 15) is 14.4 Å². The van der Waals surface area contributed by atoms with Crippen LogP contribution in [0.4, 0.5) is 17.3 Å². The first kappa shape index (κ1) is 33.3. The molecule has 250 valence electrons. The normalized spacial score (nSPS) is 15.9. The van der Waals surface area contributed by atoms with Gasteiger partial charge >= 0.3 is 11.6 Å². The minimum Gasteiger partial charge on any atom is -0.307 e. The number of likely N-dealkylation sites (tertiary alicyclic amines) is 1. The number of hydrogen-bond acceptors (Lipinski definition) is 7. The summed E-state index contributed by atoms with van der Waals surface area (Å²) in [4.78, 5) is 53.1. The molecule has 11 nitrogen and oxygen atoms in total. The van der Waals surface area contributed by atoms with Gasteiger partial charge in [-0.2, -0.15) is 0 Å². The molecule has 0 bridgehead atoms. The van der Waals surface area contributed by atoms with Gasteiger partial charge in [-0.3, -0.25) is 19.1 Å². The lowest BCUT2D eigenvalue weighted by molar-refractivity contribution is -0.113. The van der Waals surface area contributed by atoms with E-state index in [2.05, 4.69) is 27.0 Å². The number of hydrogen-bond donors (Lipinski definition) is 2. The Bertz CT molecular complexity index is 2040. The molecule has 1 unspecified atom stereocenters. The van der Waals surface area contributed by atoms with Gasteiger partial charge in [0, 0.05) is 30.7 Å². The Balaban J connectivity index is 1.33. The summed E-state index contributed by atoms with van der Waals surface area (Å²) in [6, 6.07) is 17.4. The minimum atomic E-state index is -0.421. The summed E-state index contributed by atoms with van der Waals surface area (Å²) in [6.45, 7) is 6.53. The maximum absolute atomic E-state index is 14.3. The Kier molecular flexibility index (Phi) is 9.97. The predicted molar refractivity (Wildman–Crippen MR) is 193 cm³/mol. The average molecular weight is 657 g/mol. The lowest BCUT2D eigenvalue weighted by Gasteiger charge is -2.23. The number of anilines is 2. The van der Waals surface area contributed by atoms with Crippen molar-refractivity contribution < 1.29 is 9.59 Å². The van der Waals surface area contributed by atoms with Crippen LogP contribution in [0.1, 0.15) is 60.6 Å². The lowest BCUT2D eigenvalue weighted by Crippen LogP contribution is -2.30. The molecule has 0 radical (unpaired) electrons. The number of rotatable bonds is 7. The number of piperidine rings is 1. The van der Waals surface area contributed by atoms with E-state index in [1.807, 2.05) is 26.1 Å². The van der Waals surface area contributed by atoms with E-state index in [1.165, 1.54) is 20.5 Å². The van der Waals surface area contributed by atoms with Crippen LogP contribution in [0.2, 0.25) is 0 Å². The molecule has 6 rings (SSSR count). The third-order valence-corrected chi connectivity index (χ3v) is 8.99. The third kappa shape index (κ3) is 7.29. The van der Waals surface area contributed by atoms with Crippen LogP contribution in [-0.2, 0) is 4.79 Å². The number of aromatic nitrogens is 3. The zero-order chi connectivity index (χ0) is 34.5. The number of fused-ring (bicyclic) bond motifs is 1. The zero-order valence-electron chi connectivity index (χ0n) is 28.1. The summed E-state index contributed by atoms with van der Waals surface area (Å²) in [7, 11) is 1.66. The highest BCUT2D eigenvalue weighted by molar-refractivity contribution is 6.06.